The lowest BCUT2D eigenvalue weighted by Crippen LogP contribution is -2.42. The Hall–Kier alpha value is -1.73. The number of nitrogens with two attached hydrogens (primary N) is 2. The number of nitrogens with one attached hydrogen (secondary N) is 2. The van der Waals surface area contributed by atoms with Gasteiger partial charge in [0.2, 0.25) is 5.91 Å². The Balaban J connectivity index is 2.12. The standard InChI is InChI=1S/C12H17N5OS/c1-12(2,10(18)17-14)6-19-11-15-8-4-3-7(13)5-9(8)16-11/h3-5H,6,13-14H2,1-2H3,(H,15,16)(H,17,18). The van der Waals surface area contributed by atoms with E-state index in [0.29, 0.717) is 11.4 Å². The van der Waals surface area contributed by atoms with E-state index in [-0.39, 0.29) is 5.91 Å². The van der Waals surface area contributed by atoms with Crippen molar-refractivity contribution in [2.45, 2.75) is 19.0 Å². The summed E-state index contributed by atoms with van der Waals surface area (Å²) in [5.74, 6) is 5.54. The number of fused-ring (bicyclic) bond motifs is 1. The monoisotopic (exact) mass is 279 g/mol. The molecule has 1 aromatic carbocycles. The van der Waals surface area contributed by atoms with Gasteiger partial charge in [-0.3, -0.25) is 10.2 Å². The summed E-state index contributed by atoms with van der Waals surface area (Å²) in [7, 11) is 0. The summed E-state index contributed by atoms with van der Waals surface area (Å²) in [6.07, 6.45) is 0. The molecule has 1 heterocycles. The fourth-order valence-electron chi connectivity index (χ4n) is 1.58. The van der Waals surface area contributed by atoms with Gasteiger partial charge < -0.3 is 10.7 Å². The molecule has 1 aromatic heterocycles. The van der Waals surface area contributed by atoms with Gasteiger partial charge >= 0.3 is 0 Å². The summed E-state index contributed by atoms with van der Waals surface area (Å²) in [6.45, 7) is 3.67. The number of hydrogen-bond donors (Lipinski definition) is 4. The van der Waals surface area contributed by atoms with Gasteiger partial charge in [0, 0.05) is 11.4 Å². The number of hydrazine groups is 1. The number of thioether (sulfide) groups is 1. The molecule has 0 saturated heterocycles. The Kier molecular flexibility index (Phi) is 3.68. The first-order chi connectivity index (χ1) is 8.92. The van der Waals surface area contributed by atoms with E-state index in [2.05, 4.69) is 15.4 Å². The average Bonchev–Trinajstić information content (AvgIpc) is 2.77. The van der Waals surface area contributed by atoms with E-state index in [1.165, 1.54) is 11.8 Å². The zero-order valence-electron chi connectivity index (χ0n) is 10.9. The van der Waals surface area contributed by atoms with E-state index in [0.717, 1.165) is 16.2 Å². The smallest absolute Gasteiger partial charge is 0.240 e. The van der Waals surface area contributed by atoms with Gasteiger partial charge in [0.05, 0.1) is 16.4 Å². The number of amides is 1. The van der Waals surface area contributed by atoms with Crippen LogP contribution in [0.3, 0.4) is 0 Å². The van der Waals surface area contributed by atoms with Crippen molar-refractivity contribution in [1.29, 1.82) is 0 Å². The predicted octanol–water partition coefficient (Wildman–Crippen LogP) is 1.25. The molecule has 0 bridgehead atoms. The van der Waals surface area contributed by atoms with Crippen LogP contribution in [0.2, 0.25) is 0 Å². The van der Waals surface area contributed by atoms with E-state index >= 15 is 0 Å². The molecule has 0 fully saturated rings. The molecule has 0 spiro atoms. The van der Waals surface area contributed by atoms with Crippen molar-refractivity contribution in [2.24, 2.45) is 11.3 Å². The molecule has 0 unspecified atom stereocenters. The number of hydrogen-bond acceptors (Lipinski definition) is 5. The van der Waals surface area contributed by atoms with E-state index in [1.807, 2.05) is 32.0 Å². The maximum absolute atomic E-state index is 11.6. The van der Waals surface area contributed by atoms with Gasteiger partial charge in [-0.05, 0) is 18.2 Å². The van der Waals surface area contributed by atoms with Crippen LogP contribution in [0.5, 0.6) is 0 Å². The molecule has 6 N–H and O–H groups in total. The summed E-state index contributed by atoms with van der Waals surface area (Å²) in [4.78, 5) is 19.2. The van der Waals surface area contributed by atoms with Crippen molar-refractivity contribution in [3.05, 3.63) is 18.2 Å². The fourth-order valence-corrected chi connectivity index (χ4v) is 2.56. The third-order valence-corrected chi connectivity index (χ3v) is 4.13. The second-order valence-corrected chi connectivity index (χ2v) is 5.93. The minimum Gasteiger partial charge on any atom is -0.399 e. The molecule has 1 amide bonds. The highest BCUT2D eigenvalue weighted by atomic mass is 32.2. The summed E-state index contributed by atoms with van der Waals surface area (Å²) in [5.41, 5.74) is 9.77. The molecule has 7 heteroatoms. The van der Waals surface area contributed by atoms with Crippen LogP contribution < -0.4 is 17.0 Å². The highest BCUT2D eigenvalue weighted by molar-refractivity contribution is 7.99. The number of aromatic nitrogens is 2. The van der Waals surface area contributed by atoms with Crippen molar-refractivity contribution < 1.29 is 4.79 Å². The zero-order valence-corrected chi connectivity index (χ0v) is 11.7. The second-order valence-electron chi connectivity index (χ2n) is 4.96. The van der Waals surface area contributed by atoms with Gasteiger partial charge in [-0.15, -0.1) is 0 Å². The maximum atomic E-state index is 11.6. The number of H-pyrrole nitrogens is 1. The van der Waals surface area contributed by atoms with Crippen LogP contribution in [0, 0.1) is 5.41 Å². The largest absolute Gasteiger partial charge is 0.399 e. The van der Waals surface area contributed by atoms with Crippen LogP contribution in [0.4, 0.5) is 5.69 Å². The highest BCUT2D eigenvalue weighted by Crippen LogP contribution is 2.27. The third-order valence-electron chi connectivity index (χ3n) is 2.80. The lowest BCUT2D eigenvalue weighted by molar-refractivity contribution is -0.128. The van der Waals surface area contributed by atoms with Crippen LogP contribution in [-0.4, -0.2) is 21.6 Å². The number of rotatable bonds is 4. The van der Waals surface area contributed by atoms with Gasteiger partial charge in [0.1, 0.15) is 0 Å². The van der Waals surface area contributed by atoms with Gasteiger partial charge in [0.15, 0.2) is 5.16 Å². The van der Waals surface area contributed by atoms with Gasteiger partial charge in [-0.2, -0.15) is 0 Å². The van der Waals surface area contributed by atoms with Crippen LogP contribution >= 0.6 is 11.8 Å². The molecule has 6 nitrogen and oxygen atoms in total. The molecular formula is C12H17N5OS. The van der Waals surface area contributed by atoms with E-state index in [1.54, 1.807) is 0 Å². The van der Waals surface area contributed by atoms with Crippen molar-refractivity contribution in [3.63, 3.8) is 0 Å². The minimum atomic E-state index is -0.558. The summed E-state index contributed by atoms with van der Waals surface area (Å²) in [6, 6.07) is 5.51. The average molecular weight is 279 g/mol. The van der Waals surface area contributed by atoms with E-state index in [9.17, 15) is 4.79 Å². The third kappa shape index (κ3) is 2.99. The summed E-state index contributed by atoms with van der Waals surface area (Å²) in [5, 5.41) is 0.762. The number of anilines is 1. The predicted molar refractivity (Wildman–Crippen MR) is 77.3 cm³/mol. The number of nitrogens with zero attached hydrogens (tertiary/aromatic N) is 1. The second kappa shape index (κ2) is 5.10. The molecule has 0 aliphatic rings. The molecule has 19 heavy (non-hydrogen) atoms. The quantitative estimate of drug-likeness (QED) is 0.221. The van der Waals surface area contributed by atoms with Crippen LogP contribution in [0.15, 0.2) is 23.4 Å². The zero-order chi connectivity index (χ0) is 14.0. The van der Waals surface area contributed by atoms with E-state index < -0.39 is 5.41 Å². The molecule has 2 rings (SSSR count). The van der Waals surface area contributed by atoms with Crippen LogP contribution in [0.25, 0.3) is 11.0 Å². The van der Waals surface area contributed by atoms with Crippen molar-refractivity contribution in [3.8, 4) is 0 Å². The van der Waals surface area contributed by atoms with Crippen LogP contribution in [0.1, 0.15) is 13.8 Å². The number of benzene rings is 1. The van der Waals surface area contributed by atoms with Gasteiger partial charge in [0.25, 0.3) is 0 Å². The first-order valence-electron chi connectivity index (χ1n) is 5.81. The summed E-state index contributed by atoms with van der Waals surface area (Å²) >= 11 is 1.48. The number of aromatic amines is 1. The molecule has 0 aliphatic heterocycles. The molecule has 0 atom stereocenters. The van der Waals surface area contributed by atoms with Gasteiger partial charge in [-0.1, -0.05) is 25.6 Å². The summed E-state index contributed by atoms with van der Waals surface area (Å²) < 4.78 is 0. The van der Waals surface area contributed by atoms with Crippen molar-refractivity contribution in [1.82, 2.24) is 15.4 Å². The number of carbonyl (C=O) groups is 1. The molecule has 0 saturated carbocycles. The Labute approximate surface area is 115 Å². The Morgan fingerprint density at radius 1 is 1.53 bits per heavy atom. The Bertz CT molecular complexity index is 607. The van der Waals surface area contributed by atoms with Gasteiger partial charge in [-0.25, -0.2) is 10.8 Å². The molecule has 0 aliphatic carbocycles. The molecular weight excluding hydrogens is 262 g/mol. The highest BCUT2D eigenvalue weighted by Gasteiger charge is 2.27. The van der Waals surface area contributed by atoms with Crippen LogP contribution in [-0.2, 0) is 4.79 Å². The molecule has 2 aromatic rings. The Morgan fingerprint density at radius 3 is 2.95 bits per heavy atom. The lowest BCUT2D eigenvalue weighted by atomic mass is 9.96. The van der Waals surface area contributed by atoms with E-state index in [4.69, 9.17) is 11.6 Å². The first kappa shape index (κ1) is 13.7. The number of carbonyl (C=O) groups excluding carboxylic acids is 1. The Morgan fingerprint density at radius 2 is 2.26 bits per heavy atom. The number of imidazole rings is 1. The fraction of sp³-hybridized carbons (Fsp3) is 0.333. The first-order valence-corrected chi connectivity index (χ1v) is 6.80. The number of nitrogen functional groups attached to an aromatic ring is 1. The van der Waals surface area contributed by atoms with Crippen molar-refractivity contribution >= 4 is 34.4 Å². The van der Waals surface area contributed by atoms with Crippen molar-refractivity contribution in [2.75, 3.05) is 11.5 Å². The minimum absolute atomic E-state index is 0.194. The molecule has 102 valence electrons. The lowest BCUT2D eigenvalue weighted by Gasteiger charge is -2.20. The normalized spacial score (nSPS) is 11.7. The topological polar surface area (TPSA) is 110 Å². The molecule has 0 radical (unpaired) electrons. The SMILES string of the molecule is CC(C)(CSc1nc2ccc(N)cc2[nH]1)C(=O)NN. The maximum Gasteiger partial charge on any atom is 0.240 e.